The zero-order valence-electron chi connectivity index (χ0n) is 16.2. The van der Waals surface area contributed by atoms with Crippen LogP contribution in [0.5, 0.6) is 0 Å². The predicted molar refractivity (Wildman–Crippen MR) is 115 cm³/mol. The van der Waals surface area contributed by atoms with E-state index in [2.05, 4.69) is 0 Å². The number of rotatable bonds is 20. The lowest BCUT2D eigenvalue weighted by Crippen LogP contribution is -1.96. The van der Waals surface area contributed by atoms with Gasteiger partial charge in [0, 0.05) is 24.1 Å². The summed E-state index contributed by atoms with van der Waals surface area (Å²) < 4.78 is 12.2. The molecule has 0 atom stereocenters. The topological polar surface area (TPSA) is 37.3 Å². The molecule has 0 aliphatic rings. The van der Waals surface area contributed by atoms with Crippen LogP contribution in [-0.4, -0.2) is 29.0 Å². The number of halogens is 2. The van der Waals surface area contributed by atoms with Crippen molar-refractivity contribution in [2.24, 2.45) is 0 Å². The predicted octanol–water partition coefficient (Wildman–Crippen LogP) is 7.98. The van der Waals surface area contributed by atoms with Gasteiger partial charge in [0.15, 0.2) is 0 Å². The first-order valence-corrected chi connectivity index (χ1v) is 13.6. The maximum absolute atomic E-state index is 12.2. The van der Waals surface area contributed by atoms with Crippen molar-refractivity contribution >= 4 is 30.6 Å². The molecule has 0 radical (unpaired) electrons. The van der Waals surface area contributed by atoms with Crippen molar-refractivity contribution in [2.75, 3.05) is 24.1 Å². The molecule has 0 aromatic rings. The van der Waals surface area contributed by atoms with Crippen LogP contribution in [0.3, 0.4) is 0 Å². The van der Waals surface area contributed by atoms with Gasteiger partial charge in [0.05, 0.1) is 0 Å². The fraction of sp³-hybridized carbons (Fsp3) is 1.00. The average molecular weight is 415 g/mol. The van der Waals surface area contributed by atoms with E-state index in [1.165, 1.54) is 64.2 Å². The first-order valence-electron chi connectivity index (χ1n) is 10.5. The average Bonchev–Trinajstić information content (AvgIpc) is 2.59. The van der Waals surface area contributed by atoms with Crippen molar-refractivity contribution in [1.82, 2.24) is 0 Å². The van der Waals surface area contributed by atoms with E-state index in [4.69, 9.17) is 23.2 Å². The molecule has 0 aromatic carbocycles. The van der Waals surface area contributed by atoms with Crippen molar-refractivity contribution in [1.29, 1.82) is 0 Å². The maximum Gasteiger partial charge on any atom is 0.200 e. The van der Waals surface area contributed by atoms with E-state index >= 15 is 0 Å². The minimum Gasteiger partial charge on any atom is -0.344 e. The molecule has 0 aliphatic carbocycles. The highest BCUT2D eigenvalue weighted by Gasteiger charge is 2.16. The molecule has 0 saturated heterocycles. The summed E-state index contributed by atoms with van der Waals surface area (Å²) in [7, 11) is -2.86. The van der Waals surface area contributed by atoms with Gasteiger partial charge in [0.1, 0.15) is 0 Å². The van der Waals surface area contributed by atoms with E-state index < -0.39 is 7.37 Å². The Morgan fingerprint density at radius 2 is 0.720 bits per heavy atom. The van der Waals surface area contributed by atoms with E-state index in [-0.39, 0.29) is 0 Å². The molecular formula is C20H41Cl2O2P. The van der Waals surface area contributed by atoms with Gasteiger partial charge in [-0.15, -0.1) is 23.2 Å². The van der Waals surface area contributed by atoms with Crippen LogP contribution in [0.1, 0.15) is 103 Å². The van der Waals surface area contributed by atoms with E-state index in [9.17, 15) is 9.46 Å². The third-order valence-electron chi connectivity index (χ3n) is 4.78. The Hall–Kier alpha value is 0.770. The lowest BCUT2D eigenvalue weighted by atomic mass is 10.1. The number of hydrogen-bond acceptors (Lipinski definition) is 1. The second-order valence-corrected chi connectivity index (χ2v) is 10.7. The van der Waals surface area contributed by atoms with Crippen LogP contribution >= 0.6 is 30.6 Å². The van der Waals surface area contributed by atoms with Crippen molar-refractivity contribution < 1.29 is 9.46 Å². The van der Waals surface area contributed by atoms with Crippen LogP contribution in [-0.2, 0) is 4.57 Å². The molecule has 0 rings (SSSR count). The van der Waals surface area contributed by atoms with Gasteiger partial charge in [-0.2, -0.15) is 0 Å². The Balaban J connectivity index is 3.34. The SMILES string of the molecule is O=P(O)(CCCCCCCCCCCl)CCCCCCCCCCCl. The zero-order chi connectivity index (χ0) is 18.6. The van der Waals surface area contributed by atoms with Crippen LogP contribution in [0.15, 0.2) is 0 Å². The molecule has 25 heavy (non-hydrogen) atoms. The number of unbranched alkanes of at least 4 members (excludes halogenated alkanes) is 14. The van der Waals surface area contributed by atoms with Crippen LogP contribution in [0.25, 0.3) is 0 Å². The van der Waals surface area contributed by atoms with E-state index in [1.807, 2.05) is 0 Å². The Morgan fingerprint density at radius 3 is 1.00 bits per heavy atom. The van der Waals surface area contributed by atoms with Crippen LogP contribution < -0.4 is 0 Å². The maximum atomic E-state index is 12.2. The summed E-state index contributed by atoms with van der Waals surface area (Å²) in [5, 5.41) is 0. The molecule has 0 amide bonds. The van der Waals surface area contributed by atoms with E-state index in [0.29, 0.717) is 12.3 Å². The Morgan fingerprint density at radius 1 is 0.480 bits per heavy atom. The molecule has 0 aliphatic heterocycles. The second kappa shape index (κ2) is 19.5. The molecule has 0 spiro atoms. The summed E-state index contributed by atoms with van der Waals surface area (Å²) in [6, 6.07) is 0. The van der Waals surface area contributed by atoms with Gasteiger partial charge in [-0.3, -0.25) is 4.57 Å². The minimum absolute atomic E-state index is 0.525. The highest BCUT2D eigenvalue weighted by atomic mass is 35.5. The van der Waals surface area contributed by atoms with E-state index in [0.717, 1.165) is 50.3 Å². The fourth-order valence-corrected chi connectivity index (χ4v) is 5.18. The summed E-state index contributed by atoms with van der Waals surface area (Å²) in [6.45, 7) is 0. The highest BCUT2D eigenvalue weighted by Crippen LogP contribution is 2.42. The Bertz CT molecular complexity index is 288. The second-order valence-electron chi connectivity index (χ2n) is 7.33. The van der Waals surface area contributed by atoms with Crippen molar-refractivity contribution in [2.45, 2.75) is 103 Å². The van der Waals surface area contributed by atoms with Gasteiger partial charge in [-0.25, -0.2) is 0 Å². The van der Waals surface area contributed by atoms with Gasteiger partial charge in [-0.05, 0) is 25.7 Å². The zero-order valence-corrected chi connectivity index (χ0v) is 18.6. The summed E-state index contributed by atoms with van der Waals surface area (Å²) in [4.78, 5) is 10.0. The molecule has 0 bridgehead atoms. The molecule has 152 valence electrons. The Kier molecular flexibility index (Phi) is 20.1. The summed E-state index contributed by atoms with van der Waals surface area (Å²) in [6.07, 6.45) is 19.8. The molecule has 0 aromatic heterocycles. The number of alkyl halides is 2. The van der Waals surface area contributed by atoms with Crippen molar-refractivity contribution in [3.8, 4) is 0 Å². The standard InChI is InChI=1S/C20H41Cl2O2P/c21-17-13-9-5-1-3-7-11-15-19-25(23,24)20-16-12-8-4-2-6-10-14-18-22/h1-20H2,(H,23,24). The lowest BCUT2D eigenvalue weighted by molar-refractivity contribution is 0.469. The summed E-state index contributed by atoms with van der Waals surface area (Å²) >= 11 is 11.3. The smallest absolute Gasteiger partial charge is 0.200 e. The van der Waals surface area contributed by atoms with Crippen molar-refractivity contribution in [3.05, 3.63) is 0 Å². The fourth-order valence-electron chi connectivity index (χ4n) is 3.14. The van der Waals surface area contributed by atoms with E-state index in [1.54, 1.807) is 0 Å². The van der Waals surface area contributed by atoms with Gasteiger partial charge < -0.3 is 4.89 Å². The van der Waals surface area contributed by atoms with Gasteiger partial charge in [0.25, 0.3) is 0 Å². The van der Waals surface area contributed by atoms with Gasteiger partial charge in [0.2, 0.25) is 7.37 Å². The molecule has 1 N–H and O–H groups in total. The normalized spacial score (nSPS) is 12.0. The third kappa shape index (κ3) is 20.9. The molecular weight excluding hydrogens is 374 g/mol. The minimum atomic E-state index is -2.86. The van der Waals surface area contributed by atoms with Crippen LogP contribution in [0.4, 0.5) is 0 Å². The van der Waals surface area contributed by atoms with Crippen molar-refractivity contribution in [3.63, 3.8) is 0 Å². The highest BCUT2D eigenvalue weighted by molar-refractivity contribution is 7.57. The summed E-state index contributed by atoms with van der Waals surface area (Å²) in [5.41, 5.74) is 0. The largest absolute Gasteiger partial charge is 0.344 e. The third-order valence-corrected chi connectivity index (χ3v) is 7.35. The van der Waals surface area contributed by atoms with Crippen LogP contribution in [0, 0.1) is 0 Å². The first-order chi connectivity index (χ1) is 12.1. The molecule has 5 heteroatoms. The Labute approximate surface area is 166 Å². The molecule has 0 saturated carbocycles. The number of hydrogen-bond donors (Lipinski definition) is 1. The first kappa shape index (κ1) is 25.8. The molecule has 0 heterocycles. The van der Waals surface area contributed by atoms with Gasteiger partial charge >= 0.3 is 0 Å². The van der Waals surface area contributed by atoms with Gasteiger partial charge in [-0.1, -0.05) is 77.0 Å². The summed E-state index contributed by atoms with van der Waals surface area (Å²) in [5.74, 6) is 1.56. The monoisotopic (exact) mass is 414 g/mol. The lowest BCUT2D eigenvalue weighted by Gasteiger charge is -2.11. The quantitative estimate of drug-likeness (QED) is 0.124. The van der Waals surface area contributed by atoms with Crippen LogP contribution in [0.2, 0.25) is 0 Å². The molecule has 0 fully saturated rings. The molecule has 2 nitrogen and oxygen atoms in total. The molecule has 0 unspecified atom stereocenters.